The van der Waals surface area contributed by atoms with Gasteiger partial charge in [-0.25, -0.2) is 0 Å². The number of rotatable bonds is 6. The molecule has 0 radical (unpaired) electrons. The molecule has 13 aromatic rings. The van der Waals surface area contributed by atoms with Crippen molar-refractivity contribution in [2.24, 2.45) is 0 Å². The van der Waals surface area contributed by atoms with E-state index in [1.165, 1.54) is 61.1 Å². The van der Waals surface area contributed by atoms with Crippen molar-refractivity contribution in [1.82, 2.24) is 0 Å². The molecule has 0 spiro atoms. The average molecular weight is 1020 g/mol. The predicted octanol–water partition coefficient (Wildman–Crippen LogP) is 18.8. The molecule has 0 fully saturated rings. The van der Waals surface area contributed by atoms with Crippen molar-refractivity contribution in [2.75, 3.05) is 9.80 Å². The first-order valence-electron chi connectivity index (χ1n) is 27.7. The largest absolute Gasteiger partial charge is 0.456 e. The van der Waals surface area contributed by atoms with E-state index in [1.807, 2.05) is 12.1 Å². The summed E-state index contributed by atoms with van der Waals surface area (Å²) in [6.07, 6.45) is 0. The maximum absolute atomic E-state index is 6.39. The number of anilines is 6. The normalized spacial score (nSPS) is 13.1. The van der Waals surface area contributed by atoms with E-state index in [1.54, 1.807) is 0 Å². The Hall–Kier alpha value is -9.32. The van der Waals surface area contributed by atoms with Gasteiger partial charge in [0.05, 0.1) is 11.4 Å². The van der Waals surface area contributed by atoms with Gasteiger partial charge in [-0.3, -0.25) is 0 Å². The third-order valence-electron chi connectivity index (χ3n) is 16.8. The Morgan fingerprint density at radius 1 is 0.291 bits per heavy atom. The summed E-state index contributed by atoms with van der Waals surface area (Å²) in [6.45, 7) is 13.8. The van der Waals surface area contributed by atoms with E-state index < -0.39 is 0 Å². The first kappa shape index (κ1) is 46.9. The van der Waals surface area contributed by atoms with Crippen LogP contribution >= 0.6 is 0 Å². The molecule has 378 valence electrons. The highest BCUT2D eigenvalue weighted by Crippen LogP contribution is 2.50. The number of para-hydroxylation sites is 4. The molecule has 2 aliphatic heterocycles. The molecule has 0 amide bonds. The number of fused-ring (bicyclic) bond motifs is 10. The molecule has 0 N–H and O–H groups in total. The first-order chi connectivity index (χ1) is 38.5. The fourth-order valence-corrected chi connectivity index (χ4v) is 13.2. The molecule has 0 atom stereocenters. The van der Waals surface area contributed by atoms with Gasteiger partial charge in [-0.1, -0.05) is 205 Å². The van der Waals surface area contributed by atoms with Crippen molar-refractivity contribution in [2.45, 2.75) is 52.4 Å². The molecule has 11 aromatic carbocycles. The zero-order valence-corrected chi connectivity index (χ0v) is 45.3. The van der Waals surface area contributed by atoms with Crippen molar-refractivity contribution >= 4 is 101 Å². The molecule has 0 bridgehead atoms. The molecular weight excluding hydrogens is 960 g/mol. The summed E-state index contributed by atoms with van der Waals surface area (Å²) in [5.41, 5.74) is 26.1. The summed E-state index contributed by atoms with van der Waals surface area (Å²) in [5, 5.41) is 4.44. The van der Waals surface area contributed by atoms with Gasteiger partial charge in [0, 0.05) is 55.4 Å². The van der Waals surface area contributed by atoms with E-state index in [9.17, 15) is 0 Å². The van der Waals surface area contributed by atoms with Crippen molar-refractivity contribution < 1.29 is 8.83 Å². The van der Waals surface area contributed by atoms with Gasteiger partial charge < -0.3 is 18.6 Å². The molecule has 0 saturated carbocycles. The quantitative estimate of drug-likeness (QED) is 0.155. The molecule has 2 aliphatic rings. The molecule has 0 aliphatic carbocycles. The topological polar surface area (TPSA) is 32.8 Å². The van der Waals surface area contributed by atoms with Crippen LogP contribution in [0.5, 0.6) is 0 Å². The van der Waals surface area contributed by atoms with Crippen LogP contribution in [0.25, 0.3) is 88.4 Å². The van der Waals surface area contributed by atoms with E-state index in [0.29, 0.717) is 0 Å². The van der Waals surface area contributed by atoms with Crippen LogP contribution in [-0.2, 0) is 10.8 Å². The zero-order chi connectivity index (χ0) is 53.3. The third-order valence-corrected chi connectivity index (χ3v) is 16.8. The summed E-state index contributed by atoms with van der Waals surface area (Å²) in [4.78, 5) is 5.14. The Kier molecular flexibility index (Phi) is 10.5. The lowest BCUT2D eigenvalue weighted by atomic mass is 9.33. The predicted molar refractivity (Wildman–Crippen MR) is 334 cm³/mol. The standard InChI is InChI=1S/C74H57BN2O2/c1-73(2,3)58-26-13-7-20-50(58)48-34-38-60-66(44-48)76(62-28-15-9-22-52(62)46-36-40-70-56(42-46)54-24-11-17-32-68(54)78-70)64-30-19-31-65-72(64)75(60)61-39-35-49(51-21-8-14-27-59(51)74(4,5)6)45-67(61)77(65)63-29-16-10-23-53(63)47-37-41-71-57(43-47)55-25-12-18-33-69(55)79-71/h7-45H,1-6H3. The summed E-state index contributed by atoms with van der Waals surface area (Å²) >= 11 is 0. The summed E-state index contributed by atoms with van der Waals surface area (Å²) in [5.74, 6) is 0. The SMILES string of the molecule is CC(C)(C)c1ccccc1-c1ccc2c(c1)N(c1ccccc1-c1ccc3oc4ccccc4c3c1)c1cccc3c1B2c1ccc(-c2ccccc2C(C)(C)C)cc1N3c1ccccc1-c1ccc2oc3ccccc3c2c1. The maximum Gasteiger partial charge on any atom is 0.252 e. The average Bonchev–Trinajstić information content (AvgIpc) is 4.23. The molecular formula is C74H57BN2O2. The lowest BCUT2D eigenvalue weighted by Crippen LogP contribution is -2.61. The minimum Gasteiger partial charge on any atom is -0.456 e. The van der Waals surface area contributed by atoms with E-state index in [-0.39, 0.29) is 17.5 Å². The van der Waals surface area contributed by atoms with Crippen LogP contribution in [-0.4, -0.2) is 6.71 Å². The zero-order valence-electron chi connectivity index (χ0n) is 45.3. The van der Waals surface area contributed by atoms with E-state index in [4.69, 9.17) is 8.83 Å². The van der Waals surface area contributed by atoms with Crippen molar-refractivity contribution in [3.8, 4) is 44.5 Å². The summed E-state index contributed by atoms with van der Waals surface area (Å²) in [7, 11) is 0. The van der Waals surface area contributed by atoms with Gasteiger partial charge in [-0.05, 0) is 145 Å². The van der Waals surface area contributed by atoms with Crippen LogP contribution in [0.3, 0.4) is 0 Å². The second-order valence-electron chi connectivity index (χ2n) is 23.6. The number of furan rings is 2. The molecule has 4 heterocycles. The van der Waals surface area contributed by atoms with Crippen LogP contribution in [0.2, 0.25) is 0 Å². The van der Waals surface area contributed by atoms with Crippen molar-refractivity contribution in [3.05, 3.63) is 248 Å². The second kappa shape index (κ2) is 17.6. The van der Waals surface area contributed by atoms with Gasteiger partial charge in [-0.15, -0.1) is 0 Å². The van der Waals surface area contributed by atoms with E-state index in [2.05, 4.69) is 276 Å². The van der Waals surface area contributed by atoms with Crippen LogP contribution < -0.4 is 26.2 Å². The van der Waals surface area contributed by atoms with Crippen LogP contribution in [0.1, 0.15) is 52.7 Å². The fourth-order valence-electron chi connectivity index (χ4n) is 13.2. The lowest BCUT2D eigenvalue weighted by molar-refractivity contribution is 0.591. The number of benzene rings is 11. The Morgan fingerprint density at radius 3 is 1.10 bits per heavy atom. The third kappa shape index (κ3) is 7.43. The number of nitrogens with zero attached hydrogens (tertiary/aromatic N) is 2. The number of hydrogen-bond donors (Lipinski definition) is 0. The monoisotopic (exact) mass is 1020 g/mol. The maximum atomic E-state index is 6.39. The van der Waals surface area contributed by atoms with Gasteiger partial charge in [-0.2, -0.15) is 0 Å². The van der Waals surface area contributed by atoms with Crippen molar-refractivity contribution in [1.29, 1.82) is 0 Å². The molecule has 5 heteroatoms. The molecule has 15 rings (SSSR count). The highest BCUT2D eigenvalue weighted by atomic mass is 16.3. The van der Waals surface area contributed by atoms with Crippen molar-refractivity contribution in [3.63, 3.8) is 0 Å². The molecule has 4 nitrogen and oxygen atoms in total. The number of hydrogen-bond acceptors (Lipinski definition) is 4. The lowest BCUT2D eigenvalue weighted by Gasteiger charge is -2.45. The molecule has 0 saturated heterocycles. The smallest absolute Gasteiger partial charge is 0.252 e. The summed E-state index contributed by atoms with van der Waals surface area (Å²) < 4.78 is 12.8. The molecule has 0 unspecified atom stereocenters. The van der Waals surface area contributed by atoms with Gasteiger partial charge in [0.15, 0.2) is 0 Å². The molecule has 79 heavy (non-hydrogen) atoms. The van der Waals surface area contributed by atoms with E-state index >= 15 is 0 Å². The highest BCUT2D eigenvalue weighted by molar-refractivity contribution is 7.00. The van der Waals surface area contributed by atoms with Crippen LogP contribution in [0.4, 0.5) is 34.1 Å². The minimum atomic E-state index is -0.0934. The Bertz CT molecular complexity index is 4330. The van der Waals surface area contributed by atoms with E-state index in [0.717, 1.165) is 88.9 Å². The molecule has 2 aromatic heterocycles. The highest BCUT2D eigenvalue weighted by Gasteiger charge is 2.44. The first-order valence-corrected chi connectivity index (χ1v) is 27.7. The van der Waals surface area contributed by atoms with Crippen LogP contribution in [0, 0.1) is 0 Å². The minimum absolute atomic E-state index is 0.0698. The second-order valence-corrected chi connectivity index (χ2v) is 23.6. The summed E-state index contributed by atoms with van der Waals surface area (Å²) in [6, 6.07) is 87.5. The Labute approximate surface area is 461 Å². The van der Waals surface area contributed by atoms with Gasteiger partial charge in [0.25, 0.3) is 6.71 Å². The Morgan fingerprint density at radius 2 is 0.646 bits per heavy atom. The van der Waals surface area contributed by atoms with Gasteiger partial charge >= 0.3 is 0 Å². The van der Waals surface area contributed by atoms with Gasteiger partial charge in [0.1, 0.15) is 22.3 Å². The Balaban J connectivity index is 1.01. The van der Waals surface area contributed by atoms with Gasteiger partial charge in [0.2, 0.25) is 0 Å². The fraction of sp³-hybridized carbons (Fsp3) is 0.108. The van der Waals surface area contributed by atoms with Crippen LogP contribution in [0.15, 0.2) is 245 Å².